The molecular weight excluding hydrogens is 361 g/mol. The van der Waals surface area contributed by atoms with Gasteiger partial charge in [-0.1, -0.05) is 35.9 Å². The van der Waals surface area contributed by atoms with E-state index < -0.39 is 5.60 Å². The van der Waals surface area contributed by atoms with E-state index in [-0.39, 0.29) is 5.92 Å². The van der Waals surface area contributed by atoms with Crippen LogP contribution in [0.2, 0.25) is 10.0 Å². The van der Waals surface area contributed by atoms with Crippen LogP contribution in [0.3, 0.4) is 0 Å². The van der Waals surface area contributed by atoms with Crippen molar-refractivity contribution in [1.82, 2.24) is 14.8 Å². The Morgan fingerprint density at radius 1 is 1.40 bits per heavy atom. The first kappa shape index (κ1) is 18.2. The molecule has 2 aromatic rings. The van der Waals surface area contributed by atoms with Gasteiger partial charge in [-0.2, -0.15) is 0 Å². The lowest BCUT2D eigenvalue weighted by Gasteiger charge is -2.19. The van der Waals surface area contributed by atoms with Gasteiger partial charge in [0.05, 0.1) is 15.6 Å². The van der Waals surface area contributed by atoms with Crippen LogP contribution < -0.4 is 4.74 Å². The number of ether oxygens (including phenoxy) is 1. The standard InChI is InChI=1S/C18H21Cl2N3O2/c1-4-7-25-13-6-5-12(19)17(20)16(13)11-8-14-21-22-15(23(14)10-11)9-18(2,3)24/h4-6,11,24H,1,7-10H2,2-3H3. The van der Waals surface area contributed by atoms with E-state index in [0.29, 0.717) is 41.8 Å². The molecule has 1 unspecified atom stereocenters. The fraction of sp³-hybridized carbons (Fsp3) is 0.444. The molecule has 1 atom stereocenters. The molecule has 0 aliphatic carbocycles. The van der Waals surface area contributed by atoms with Crippen LogP contribution >= 0.6 is 23.2 Å². The van der Waals surface area contributed by atoms with E-state index in [0.717, 1.165) is 17.2 Å². The average Bonchev–Trinajstić information content (AvgIpc) is 3.09. The van der Waals surface area contributed by atoms with Crippen molar-refractivity contribution in [2.75, 3.05) is 6.61 Å². The van der Waals surface area contributed by atoms with Crippen molar-refractivity contribution < 1.29 is 9.84 Å². The molecule has 0 radical (unpaired) electrons. The topological polar surface area (TPSA) is 60.2 Å². The smallest absolute Gasteiger partial charge is 0.135 e. The molecule has 2 heterocycles. The van der Waals surface area contributed by atoms with Crippen molar-refractivity contribution in [3.63, 3.8) is 0 Å². The second kappa shape index (κ2) is 6.98. The number of halogens is 2. The second-order valence-electron chi connectivity index (χ2n) is 6.91. The van der Waals surface area contributed by atoms with E-state index in [2.05, 4.69) is 21.3 Å². The fourth-order valence-electron chi connectivity index (χ4n) is 3.15. The van der Waals surface area contributed by atoms with Crippen LogP contribution in [0.5, 0.6) is 5.75 Å². The quantitative estimate of drug-likeness (QED) is 0.772. The highest BCUT2D eigenvalue weighted by Crippen LogP contribution is 2.42. The molecule has 1 N–H and O–H groups in total. The number of fused-ring (bicyclic) bond motifs is 1. The van der Waals surface area contributed by atoms with Crippen LogP contribution in [0.1, 0.15) is 37.0 Å². The summed E-state index contributed by atoms with van der Waals surface area (Å²) in [5.41, 5.74) is 0.0455. The van der Waals surface area contributed by atoms with E-state index in [1.807, 2.05) is 6.07 Å². The highest BCUT2D eigenvalue weighted by atomic mass is 35.5. The van der Waals surface area contributed by atoms with Crippen LogP contribution in [-0.2, 0) is 19.4 Å². The molecule has 3 rings (SSSR count). The lowest BCUT2D eigenvalue weighted by atomic mass is 9.96. The number of rotatable bonds is 6. The normalized spacial score (nSPS) is 16.8. The van der Waals surface area contributed by atoms with Gasteiger partial charge in [0, 0.05) is 30.9 Å². The molecule has 134 valence electrons. The Morgan fingerprint density at radius 3 is 2.84 bits per heavy atom. The summed E-state index contributed by atoms with van der Waals surface area (Å²) in [7, 11) is 0. The first-order valence-corrected chi connectivity index (χ1v) is 8.90. The van der Waals surface area contributed by atoms with Crippen LogP contribution in [-0.4, -0.2) is 32.1 Å². The summed E-state index contributed by atoms with van der Waals surface area (Å²) in [6.07, 6.45) is 2.83. The van der Waals surface area contributed by atoms with Gasteiger partial charge in [0.1, 0.15) is 24.0 Å². The lowest BCUT2D eigenvalue weighted by molar-refractivity contribution is 0.0777. The van der Waals surface area contributed by atoms with Crippen molar-refractivity contribution in [1.29, 1.82) is 0 Å². The van der Waals surface area contributed by atoms with Gasteiger partial charge in [-0.25, -0.2) is 0 Å². The zero-order chi connectivity index (χ0) is 18.2. The summed E-state index contributed by atoms with van der Waals surface area (Å²) in [6.45, 7) is 8.28. The van der Waals surface area contributed by atoms with Gasteiger partial charge in [0.2, 0.25) is 0 Å². The van der Waals surface area contributed by atoms with Gasteiger partial charge in [-0.05, 0) is 26.0 Å². The lowest BCUT2D eigenvalue weighted by Crippen LogP contribution is -2.24. The Hall–Kier alpha value is -1.56. The van der Waals surface area contributed by atoms with E-state index in [9.17, 15) is 5.11 Å². The summed E-state index contributed by atoms with van der Waals surface area (Å²) in [5.74, 6) is 2.46. The van der Waals surface area contributed by atoms with Gasteiger partial charge in [0.15, 0.2) is 0 Å². The minimum Gasteiger partial charge on any atom is -0.489 e. The number of nitrogens with zero attached hydrogens (tertiary/aromatic N) is 3. The van der Waals surface area contributed by atoms with Gasteiger partial charge >= 0.3 is 0 Å². The summed E-state index contributed by atoms with van der Waals surface area (Å²) >= 11 is 12.7. The molecule has 0 spiro atoms. The van der Waals surface area contributed by atoms with Crippen molar-refractivity contribution in [2.45, 2.75) is 44.8 Å². The predicted octanol–water partition coefficient (Wildman–Crippen LogP) is 3.80. The zero-order valence-corrected chi connectivity index (χ0v) is 15.8. The third-order valence-electron chi connectivity index (χ3n) is 4.18. The third kappa shape index (κ3) is 3.84. The Bertz CT molecular complexity index is 796. The minimum atomic E-state index is -0.839. The van der Waals surface area contributed by atoms with Crippen molar-refractivity contribution in [3.05, 3.63) is 52.0 Å². The molecule has 1 aliphatic rings. The molecule has 0 fully saturated rings. The highest BCUT2D eigenvalue weighted by Gasteiger charge is 2.32. The maximum atomic E-state index is 10.1. The molecule has 0 saturated carbocycles. The number of hydrogen-bond acceptors (Lipinski definition) is 4. The van der Waals surface area contributed by atoms with Crippen LogP contribution in [0.25, 0.3) is 0 Å². The molecule has 7 heteroatoms. The molecule has 1 aromatic carbocycles. The van der Waals surface area contributed by atoms with Crippen molar-refractivity contribution in [2.24, 2.45) is 0 Å². The maximum absolute atomic E-state index is 10.1. The third-order valence-corrected chi connectivity index (χ3v) is 5.00. The Kier molecular flexibility index (Phi) is 5.09. The van der Waals surface area contributed by atoms with Gasteiger partial charge in [0.25, 0.3) is 0 Å². The average molecular weight is 382 g/mol. The van der Waals surface area contributed by atoms with E-state index in [1.165, 1.54) is 0 Å². The molecule has 0 saturated heterocycles. The first-order valence-electron chi connectivity index (χ1n) is 8.15. The molecule has 5 nitrogen and oxygen atoms in total. The van der Waals surface area contributed by atoms with Crippen molar-refractivity contribution >= 4 is 23.2 Å². The predicted molar refractivity (Wildman–Crippen MR) is 98.6 cm³/mol. The number of aromatic nitrogens is 3. The van der Waals surface area contributed by atoms with Crippen LogP contribution in [0.15, 0.2) is 24.8 Å². The van der Waals surface area contributed by atoms with E-state index in [1.54, 1.807) is 26.0 Å². The largest absolute Gasteiger partial charge is 0.489 e. The maximum Gasteiger partial charge on any atom is 0.135 e. The molecule has 0 amide bonds. The number of hydrogen-bond donors (Lipinski definition) is 1. The summed E-state index contributed by atoms with van der Waals surface area (Å²) in [4.78, 5) is 0. The van der Waals surface area contributed by atoms with E-state index >= 15 is 0 Å². The Labute approximate surface area is 157 Å². The summed E-state index contributed by atoms with van der Waals surface area (Å²) in [5, 5.41) is 19.6. The summed E-state index contributed by atoms with van der Waals surface area (Å²) < 4.78 is 7.83. The number of aliphatic hydroxyl groups is 1. The first-order chi connectivity index (χ1) is 11.8. The Balaban J connectivity index is 1.91. The number of benzene rings is 1. The molecule has 1 aromatic heterocycles. The molecular formula is C18H21Cl2N3O2. The SMILES string of the molecule is C=CCOc1ccc(Cl)c(Cl)c1C1Cc2nnc(CC(C)(C)O)n2C1. The van der Waals surface area contributed by atoms with E-state index in [4.69, 9.17) is 27.9 Å². The van der Waals surface area contributed by atoms with Gasteiger partial charge < -0.3 is 14.4 Å². The van der Waals surface area contributed by atoms with Crippen LogP contribution in [0.4, 0.5) is 0 Å². The summed E-state index contributed by atoms with van der Waals surface area (Å²) in [6, 6.07) is 3.57. The van der Waals surface area contributed by atoms with Gasteiger partial charge in [-0.3, -0.25) is 0 Å². The highest BCUT2D eigenvalue weighted by molar-refractivity contribution is 6.42. The molecule has 0 bridgehead atoms. The molecule has 25 heavy (non-hydrogen) atoms. The van der Waals surface area contributed by atoms with Crippen molar-refractivity contribution in [3.8, 4) is 5.75 Å². The van der Waals surface area contributed by atoms with Crippen LogP contribution in [0, 0.1) is 0 Å². The second-order valence-corrected chi connectivity index (χ2v) is 7.69. The van der Waals surface area contributed by atoms with Gasteiger partial charge in [-0.15, -0.1) is 10.2 Å². The monoisotopic (exact) mass is 381 g/mol. The Morgan fingerprint density at radius 2 is 2.16 bits per heavy atom. The fourth-order valence-corrected chi connectivity index (χ4v) is 3.63. The molecule has 1 aliphatic heterocycles. The zero-order valence-electron chi connectivity index (χ0n) is 14.3. The minimum absolute atomic E-state index is 0.0945.